The Morgan fingerprint density at radius 2 is 1.81 bits per heavy atom. The molecule has 0 aromatic carbocycles. The van der Waals surface area contributed by atoms with Crippen LogP contribution in [0.3, 0.4) is 0 Å². The van der Waals surface area contributed by atoms with Crippen molar-refractivity contribution < 1.29 is 17.7 Å². The van der Waals surface area contributed by atoms with E-state index in [1.165, 1.54) is 23.0 Å². The second-order valence-electron chi connectivity index (χ2n) is 6.92. The zero-order chi connectivity index (χ0) is 22.2. The van der Waals surface area contributed by atoms with Gasteiger partial charge in [0, 0.05) is 40.8 Å². The van der Waals surface area contributed by atoms with Gasteiger partial charge in [-0.25, -0.2) is 4.68 Å². The van der Waals surface area contributed by atoms with E-state index in [4.69, 9.17) is 4.52 Å². The average molecular weight is 427 g/mol. The Balaban J connectivity index is 1.66. The van der Waals surface area contributed by atoms with E-state index in [2.05, 4.69) is 20.2 Å². The first-order valence-electron chi connectivity index (χ1n) is 9.21. The van der Waals surface area contributed by atoms with Crippen molar-refractivity contribution in [3.8, 4) is 22.4 Å². The van der Waals surface area contributed by atoms with Gasteiger partial charge in [-0.15, -0.1) is 0 Å². The van der Waals surface area contributed by atoms with Gasteiger partial charge < -0.3 is 4.52 Å². The van der Waals surface area contributed by atoms with E-state index < -0.39 is 17.4 Å². The standard InChI is InChI=1S/C21H16F3N5O2/c1-12-3-4-15(9-26-12)20-17(13(2)31-28-20)11-29-19(30)8-16(10-27-29)14-5-6-25-18(7-14)21(22,23)24/h3-10H,11H2,1-2H3. The van der Waals surface area contributed by atoms with Gasteiger partial charge in [-0.1, -0.05) is 5.16 Å². The molecule has 0 bridgehead atoms. The fraction of sp³-hybridized carbons (Fsp3) is 0.190. The van der Waals surface area contributed by atoms with Crippen molar-refractivity contribution in [2.24, 2.45) is 0 Å². The van der Waals surface area contributed by atoms with Gasteiger partial charge in [-0.05, 0) is 43.7 Å². The number of alkyl halides is 3. The smallest absolute Gasteiger partial charge is 0.361 e. The molecule has 0 saturated heterocycles. The second kappa shape index (κ2) is 7.78. The molecule has 0 fully saturated rings. The van der Waals surface area contributed by atoms with Crippen molar-refractivity contribution in [3.05, 3.63) is 82.0 Å². The van der Waals surface area contributed by atoms with Crippen LogP contribution in [0.15, 0.2) is 58.2 Å². The summed E-state index contributed by atoms with van der Waals surface area (Å²) in [6.07, 6.45) is -0.526. The third-order valence-corrected chi connectivity index (χ3v) is 4.73. The van der Waals surface area contributed by atoms with E-state index in [-0.39, 0.29) is 17.7 Å². The molecule has 0 saturated carbocycles. The van der Waals surface area contributed by atoms with Crippen LogP contribution in [-0.2, 0) is 12.7 Å². The molecule has 158 valence electrons. The Morgan fingerprint density at radius 1 is 1.00 bits per heavy atom. The molecule has 4 aromatic heterocycles. The quantitative estimate of drug-likeness (QED) is 0.489. The topological polar surface area (TPSA) is 86.7 Å². The van der Waals surface area contributed by atoms with Crippen LogP contribution in [0.2, 0.25) is 0 Å². The number of aryl methyl sites for hydroxylation is 2. The van der Waals surface area contributed by atoms with Gasteiger partial charge in [0.1, 0.15) is 17.1 Å². The van der Waals surface area contributed by atoms with Crippen LogP contribution < -0.4 is 5.56 Å². The fourth-order valence-corrected chi connectivity index (χ4v) is 3.04. The predicted molar refractivity (Wildman–Crippen MR) is 105 cm³/mol. The summed E-state index contributed by atoms with van der Waals surface area (Å²) in [6.45, 7) is 3.68. The van der Waals surface area contributed by atoms with Crippen molar-refractivity contribution in [3.63, 3.8) is 0 Å². The average Bonchev–Trinajstić information content (AvgIpc) is 3.10. The first-order valence-corrected chi connectivity index (χ1v) is 9.21. The first-order chi connectivity index (χ1) is 14.7. The van der Waals surface area contributed by atoms with Gasteiger partial charge in [0.05, 0.1) is 12.7 Å². The summed E-state index contributed by atoms with van der Waals surface area (Å²) < 4.78 is 45.2. The van der Waals surface area contributed by atoms with Gasteiger partial charge in [0.25, 0.3) is 5.56 Å². The minimum absolute atomic E-state index is 0.0851. The molecular formula is C21H16F3N5O2. The Morgan fingerprint density at radius 3 is 2.48 bits per heavy atom. The lowest BCUT2D eigenvalue weighted by Gasteiger charge is -2.09. The highest BCUT2D eigenvalue weighted by atomic mass is 19.4. The van der Waals surface area contributed by atoms with Crippen LogP contribution >= 0.6 is 0 Å². The summed E-state index contributed by atoms with van der Waals surface area (Å²) in [5.41, 5.74) is 1.75. The molecule has 7 nitrogen and oxygen atoms in total. The molecule has 0 atom stereocenters. The number of halogens is 3. The van der Waals surface area contributed by atoms with E-state index in [1.807, 2.05) is 19.1 Å². The molecule has 0 aliphatic rings. The zero-order valence-corrected chi connectivity index (χ0v) is 16.5. The molecule has 0 amide bonds. The van der Waals surface area contributed by atoms with Crippen LogP contribution in [0, 0.1) is 13.8 Å². The summed E-state index contributed by atoms with van der Waals surface area (Å²) in [7, 11) is 0. The van der Waals surface area contributed by atoms with E-state index in [0.717, 1.165) is 23.5 Å². The third-order valence-electron chi connectivity index (χ3n) is 4.73. The molecule has 31 heavy (non-hydrogen) atoms. The summed E-state index contributed by atoms with van der Waals surface area (Å²) >= 11 is 0. The third kappa shape index (κ3) is 4.23. The first kappa shape index (κ1) is 20.5. The van der Waals surface area contributed by atoms with Gasteiger partial charge in [0.2, 0.25) is 0 Å². The Hall–Kier alpha value is -3.82. The van der Waals surface area contributed by atoms with E-state index >= 15 is 0 Å². The van der Waals surface area contributed by atoms with E-state index in [9.17, 15) is 18.0 Å². The number of rotatable bonds is 4. The Labute approximate surface area is 174 Å². The minimum Gasteiger partial charge on any atom is -0.361 e. The number of hydrogen-bond donors (Lipinski definition) is 0. The van der Waals surface area contributed by atoms with Crippen LogP contribution in [0.4, 0.5) is 13.2 Å². The minimum atomic E-state index is -4.58. The maximum absolute atomic E-state index is 12.9. The van der Waals surface area contributed by atoms with Crippen molar-refractivity contribution in [2.45, 2.75) is 26.6 Å². The van der Waals surface area contributed by atoms with Crippen molar-refractivity contribution in [2.75, 3.05) is 0 Å². The van der Waals surface area contributed by atoms with Gasteiger partial charge >= 0.3 is 6.18 Å². The molecule has 0 radical (unpaired) electrons. The van der Waals surface area contributed by atoms with Gasteiger partial charge in [-0.3, -0.25) is 14.8 Å². The second-order valence-corrected chi connectivity index (χ2v) is 6.92. The molecule has 4 heterocycles. The van der Waals surface area contributed by atoms with Crippen LogP contribution in [0.5, 0.6) is 0 Å². The molecule has 0 unspecified atom stereocenters. The lowest BCUT2D eigenvalue weighted by Crippen LogP contribution is -2.23. The predicted octanol–water partition coefficient (Wildman–Crippen LogP) is 4.04. The van der Waals surface area contributed by atoms with Gasteiger partial charge in [0.15, 0.2) is 0 Å². The van der Waals surface area contributed by atoms with E-state index in [1.54, 1.807) is 13.1 Å². The SMILES string of the molecule is Cc1ccc(-c2noc(C)c2Cn2ncc(-c3ccnc(C(F)(F)F)c3)cc2=O)cn1. The molecule has 10 heteroatoms. The van der Waals surface area contributed by atoms with Crippen molar-refractivity contribution >= 4 is 0 Å². The van der Waals surface area contributed by atoms with Crippen LogP contribution in [0.25, 0.3) is 22.4 Å². The Bertz CT molecular complexity index is 1290. The molecule has 0 spiro atoms. The molecular weight excluding hydrogens is 411 g/mol. The van der Waals surface area contributed by atoms with Crippen molar-refractivity contribution in [1.29, 1.82) is 0 Å². The number of nitrogens with zero attached hydrogens (tertiary/aromatic N) is 5. The largest absolute Gasteiger partial charge is 0.433 e. The van der Waals surface area contributed by atoms with Gasteiger partial charge in [-0.2, -0.15) is 18.3 Å². The van der Waals surface area contributed by atoms with E-state index in [0.29, 0.717) is 17.0 Å². The number of pyridine rings is 2. The summed E-state index contributed by atoms with van der Waals surface area (Å²) in [4.78, 5) is 20.2. The molecule has 0 aliphatic carbocycles. The fourth-order valence-electron chi connectivity index (χ4n) is 3.04. The lowest BCUT2D eigenvalue weighted by molar-refractivity contribution is -0.141. The Kier molecular flexibility index (Phi) is 5.14. The highest BCUT2D eigenvalue weighted by molar-refractivity contribution is 5.63. The highest BCUT2D eigenvalue weighted by Gasteiger charge is 2.32. The number of hydrogen-bond acceptors (Lipinski definition) is 6. The highest BCUT2D eigenvalue weighted by Crippen LogP contribution is 2.30. The number of aromatic nitrogens is 5. The summed E-state index contributed by atoms with van der Waals surface area (Å²) in [5, 5.41) is 8.20. The summed E-state index contributed by atoms with van der Waals surface area (Å²) in [6, 6.07) is 7.20. The summed E-state index contributed by atoms with van der Waals surface area (Å²) in [5.74, 6) is 0.525. The maximum Gasteiger partial charge on any atom is 0.433 e. The molecule has 0 aliphatic heterocycles. The lowest BCUT2D eigenvalue weighted by atomic mass is 10.1. The molecule has 0 N–H and O–H groups in total. The zero-order valence-electron chi connectivity index (χ0n) is 16.5. The van der Waals surface area contributed by atoms with Crippen LogP contribution in [-0.4, -0.2) is 24.9 Å². The molecule has 4 aromatic rings. The van der Waals surface area contributed by atoms with Crippen molar-refractivity contribution in [1.82, 2.24) is 24.9 Å². The van der Waals surface area contributed by atoms with Crippen LogP contribution in [0.1, 0.15) is 22.7 Å². The monoisotopic (exact) mass is 427 g/mol. The molecule has 4 rings (SSSR count). The normalized spacial score (nSPS) is 11.6. The maximum atomic E-state index is 12.9.